The van der Waals surface area contributed by atoms with Gasteiger partial charge < -0.3 is 9.88 Å². The Morgan fingerprint density at radius 2 is 1.94 bits per heavy atom. The third kappa shape index (κ3) is 4.52. The van der Waals surface area contributed by atoms with Gasteiger partial charge in [0.15, 0.2) is 0 Å². The summed E-state index contributed by atoms with van der Waals surface area (Å²) in [7, 11) is 1.82. The molecule has 3 aromatic rings. The van der Waals surface area contributed by atoms with Crippen LogP contribution in [-0.4, -0.2) is 56.7 Å². The molecule has 3 heterocycles. The lowest BCUT2D eigenvalue weighted by atomic mass is 10.0. The molecule has 0 aliphatic carbocycles. The summed E-state index contributed by atoms with van der Waals surface area (Å²) in [6.07, 6.45) is 0.774. The molecule has 0 spiro atoms. The molecule has 1 aromatic carbocycles. The zero-order chi connectivity index (χ0) is 22.1. The highest BCUT2D eigenvalue weighted by Gasteiger charge is 2.22. The van der Waals surface area contributed by atoms with Gasteiger partial charge in [0.1, 0.15) is 5.65 Å². The average Bonchev–Trinajstić information content (AvgIpc) is 3.01. The number of fused-ring (bicyclic) bond motifs is 1. The van der Waals surface area contributed by atoms with Crippen molar-refractivity contribution in [2.24, 2.45) is 7.05 Å². The van der Waals surface area contributed by atoms with Gasteiger partial charge in [0.05, 0.1) is 5.69 Å². The van der Waals surface area contributed by atoms with E-state index in [2.05, 4.69) is 21.0 Å². The van der Waals surface area contributed by atoms with Crippen molar-refractivity contribution in [3.8, 4) is 0 Å². The summed E-state index contributed by atoms with van der Waals surface area (Å²) in [4.78, 5) is 32.6. The fourth-order valence-corrected chi connectivity index (χ4v) is 4.71. The van der Waals surface area contributed by atoms with E-state index in [9.17, 15) is 9.59 Å². The first-order valence-corrected chi connectivity index (χ1v) is 11.0. The predicted molar refractivity (Wildman–Crippen MR) is 122 cm³/mol. The minimum atomic E-state index is -0.132. The second kappa shape index (κ2) is 8.85. The van der Waals surface area contributed by atoms with Gasteiger partial charge in [0.2, 0.25) is 5.91 Å². The van der Waals surface area contributed by atoms with E-state index in [4.69, 9.17) is 11.6 Å². The van der Waals surface area contributed by atoms with Gasteiger partial charge in [0, 0.05) is 62.2 Å². The Balaban J connectivity index is 1.36. The molecule has 0 unspecified atom stereocenters. The molecule has 164 valence electrons. The van der Waals surface area contributed by atoms with E-state index in [0.29, 0.717) is 31.5 Å². The van der Waals surface area contributed by atoms with Crippen molar-refractivity contribution >= 4 is 28.5 Å². The van der Waals surface area contributed by atoms with Gasteiger partial charge in [0.25, 0.3) is 5.56 Å². The van der Waals surface area contributed by atoms with Crippen LogP contribution in [-0.2, 0) is 24.8 Å². The molecule has 8 heteroatoms. The number of rotatable bonds is 5. The lowest BCUT2D eigenvalue weighted by Crippen LogP contribution is -2.48. The molecule has 4 rings (SSSR count). The molecule has 0 atom stereocenters. The van der Waals surface area contributed by atoms with Crippen molar-refractivity contribution in [2.75, 3.05) is 26.2 Å². The lowest BCUT2D eigenvalue weighted by molar-refractivity contribution is -0.133. The van der Waals surface area contributed by atoms with E-state index in [1.165, 1.54) is 5.56 Å². The molecule has 0 bridgehead atoms. The molecule has 31 heavy (non-hydrogen) atoms. The highest BCUT2D eigenvalue weighted by molar-refractivity contribution is 6.30. The summed E-state index contributed by atoms with van der Waals surface area (Å²) in [6, 6.07) is 7.90. The van der Waals surface area contributed by atoms with E-state index in [0.717, 1.165) is 46.9 Å². The van der Waals surface area contributed by atoms with Gasteiger partial charge in [-0.05, 0) is 43.5 Å². The van der Waals surface area contributed by atoms with E-state index in [1.54, 1.807) is 4.68 Å². The molecular weight excluding hydrogens is 414 g/mol. The number of aromatic amines is 1. The normalized spacial score (nSPS) is 15.0. The summed E-state index contributed by atoms with van der Waals surface area (Å²) in [6.45, 7) is 7.79. The number of pyridine rings is 1. The van der Waals surface area contributed by atoms with Crippen molar-refractivity contribution in [1.29, 1.82) is 0 Å². The maximum Gasteiger partial charge on any atom is 0.253 e. The Bertz CT molecular complexity index is 1170. The van der Waals surface area contributed by atoms with Crippen LogP contribution < -0.4 is 5.56 Å². The second-order valence-corrected chi connectivity index (χ2v) is 8.71. The van der Waals surface area contributed by atoms with Crippen molar-refractivity contribution in [3.05, 3.63) is 62.0 Å². The number of benzene rings is 1. The number of piperazine rings is 1. The first-order chi connectivity index (χ1) is 14.8. The van der Waals surface area contributed by atoms with Gasteiger partial charge >= 0.3 is 0 Å². The Kier molecular flexibility index (Phi) is 6.16. The number of nitrogens with zero attached hydrogens (tertiary/aromatic N) is 4. The average molecular weight is 442 g/mol. The third-order valence-electron chi connectivity index (χ3n) is 6.16. The van der Waals surface area contributed by atoms with Gasteiger partial charge in [-0.15, -0.1) is 0 Å². The maximum absolute atomic E-state index is 12.8. The Labute approximate surface area is 186 Å². The van der Waals surface area contributed by atoms with Gasteiger partial charge in [-0.1, -0.05) is 23.7 Å². The molecule has 1 aliphatic rings. The molecular formula is C23H28ClN5O2. The number of hydrogen-bond donors (Lipinski definition) is 1. The number of carbonyl (C=O) groups is 1. The van der Waals surface area contributed by atoms with Crippen molar-refractivity contribution < 1.29 is 4.79 Å². The van der Waals surface area contributed by atoms with Gasteiger partial charge in [-0.3, -0.25) is 19.2 Å². The molecule has 2 aromatic heterocycles. The monoisotopic (exact) mass is 441 g/mol. The Morgan fingerprint density at radius 1 is 1.19 bits per heavy atom. The van der Waals surface area contributed by atoms with Crippen LogP contribution in [0.2, 0.25) is 5.02 Å². The molecule has 7 nitrogen and oxygen atoms in total. The number of halogens is 1. The maximum atomic E-state index is 12.8. The van der Waals surface area contributed by atoms with Gasteiger partial charge in [-0.25, -0.2) is 0 Å². The van der Waals surface area contributed by atoms with Crippen LogP contribution in [0.25, 0.3) is 11.0 Å². The second-order valence-electron chi connectivity index (χ2n) is 8.28. The molecule has 0 radical (unpaired) electrons. The van der Waals surface area contributed by atoms with Gasteiger partial charge in [-0.2, -0.15) is 5.10 Å². The molecule has 1 amide bonds. The van der Waals surface area contributed by atoms with Crippen LogP contribution in [0, 0.1) is 13.8 Å². The summed E-state index contributed by atoms with van der Waals surface area (Å²) < 4.78 is 1.69. The van der Waals surface area contributed by atoms with Crippen molar-refractivity contribution in [2.45, 2.75) is 33.2 Å². The minimum Gasteiger partial charge on any atom is -0.340 e. The fourth-order valence-electron chi connectivity index (χ4n) is 4.49. The SMILES string of the molecule is Cc1nn(C)c2[nH]c(=O)c(CCC(=O)N3CCN(Cc4cccc(Cl)c4)CC3)c(C)c12. The van der Waals surface area contributed by atoms with Crippen LogP contribution in [0.15, 0.2) is 29.1 Å². The summed E-state index contributed by atoms with van der Waals surface area (Å²) in [5, 5.41) is 6.12. The topological polar surface area (TPSA) is 74.2 Å². The summed E-state index contributed by atoms with van der Waals surface area (Å²) >= 11 is 6.08. The number of H-pyrrole nitrogens is 1. The fraction of sp³-hybridized carbons (Fsp3) is 0.435. The zero-order valence-electron chi connectivity index (χ0n) is 18.2. The third-order valence-corrected chi connectivity index (χ3v) is 6.40. The molecule has 1 N–H and O–H groups in total. The molecule has 1 aliphatic heterocycles. The highest BCUT2D eigenvalue weighted by atomic mass is 35.5. The van der Waals surface area contributed by atoms with Crippen molar-refractivity contribution in [3.63, 3.8) is 0 Å². The van der Waals surface area contributed by atoms with Crippen LogP contribution >= 0.6 is 11.6 Å². The predicted octanol–water partition coefficient (Wildman–Crippen LogP) is 2.81. The number of aromatic nitrogens is 3. The number of carbonyl (C=O) groups excluding carboxylic acids is 1. The first kappa shape index (κ1) is 21.6. The lowest BCUT2D eigenvalue weighted by Gasteiger charge is -2.35. The highest BCUT2D eigenvalue weighted by Crippen LogP contribution is 2.21. The summed E-state index contributed by atoms with van der Waals surface area (Å²) in [5.74, 6) is 0.101. The Morgan fingerprint density at radius 3 is 2.65 bits per heavy atom. The van der Waals surface area contributed by atoms with E-state index in [1.807, 2.05) is 44.0 Å². The first-order valence-electron chi connectivity index (χ1n) is 10.6. The van der Waals surface area contributed by atoms with E-state index >= 15 is 0 Å². The number of aryl methyl sites for hydroxylation is 3. The Hall–Kier alpha value is -2.64. The van der Waals surface area contributed by atoms with E-state index in [-0.39, 0.29) is 11.5 Å². The smallest absolute Gasteiger partial charge is 0.253 e. The van der Waals surface area contributed by atoms with Crippen LogP contribution in [0.3, 0.4) is 0 Å². The molecule has 1 fully saturated rings. The largest absolute Gasteiger partial charge is 0.340 e. The number of amides is 1. The van der Waals surface area contributed by atoms with Crippen LogP contribution in [0.1, 0.15) is 28.8 Å². The zero-order valence-corrected chi connectivity index (χ0v) is 19.0. The number of hydrogen-bond acceptors (Lipinski definition) is 4. The summed E-state index contributed by atoms with van der Waals surface area (Å²) in [5.41, 5.74) is 4.26. The van der Waals surface area contributed by atoms with Crippen molar-refractivity contribution in [1.82, 2.24) is 24.6 Å². The van der Waals surface area contributed by atoms with Crippen LogP contribution in [0.4, 0.5) is 0 Å². The minimum absolute atomic E-state index is 0.101. The van der Waals surface area contributed by atoms with Crippen LogP contribution in [0.5, 0.6) is 0 Å². The standard InChI is InChI=1S/C23H28ClN5O2/c1-15-19(23(31)25-22-21(15)16(2)26-27(22)3)7-8-20(30)29-11-9-28(10-12-29)14-17-5-4-6-18(24)13-17/h4-6,13H,7-12,14H2,1-3H3,(H,25,31). The molecule has 1 saturated heterocycles. The van der Waals surface area contributed by atoms with E-state index < -0.39 is 0 Å². The molecule has 0 saturated carbocycles. The quantitative estimate of drug-likeness (QED) is 0.660. The number of nitrogens with one attached hydrogen (secondary N) is 1.